The predicted octanol–water partition coefficient (Wildman–Crippen LogP) is 2.98. The Morgan fingerprint density at radius 2 is 2.10 bits per heavy atom. The van der Waals surface area contributed by atoms with Gasteiger partial charge in [-0.25, -0.2) is 0 Å². The Kier molecular flexibility index (Phi) is 5.80. The molecule has 3 nitrogen and oxygen atoms in total. The summed E-state index contributed by atoms with van der Waals surface area (Å²) in [5.41, 5.74) is 2.36. The number of nitrogens with zero attached hydrogens (tertiary/aromatic N) is 1. The zero-order valence-corrected chi connectivity index (χ0v) is 11.6. The molecule has 0 fully saturated rings. The van der Waals surface area contributed by atoms with Gasteiger partial charge in [-0.15, -0.1) is 6.58 Å². The van der Waals surface area contributed by atoms with E-state index >= 15 is 0 Å². The van der Waals surface area contributed by atoms with Crippen LogP contribution in [0.2, 0.25) is 0 Å². The first-order valence-electron chi connectivity index (χ1n) is 6.81. The van der Waals surface area contributed by atoms with Crippen LogP contribution in [0.1, 0.15) is 11.1 Å². The molecule has 0 radical (unpaired) electrons. The molecule has 0 bridgehead atoms. The number of hydrogen-bond acceptors (Lipinski definition) is 3. The van der Waals surface area contributed by atoms with E-state index in [1.54, 1.807) is 6.20 Å². The van der Waals surface area contributed by atoms with Crippen LogP contribution in [0.3, 0.4) is 0 Å². The normalized spacial score (nSPS) is 10.2. The summed E-state index contributed by atoms with van der Waals surface area (Å²) in [5.74, 6) is 0.940. The highest BCUT2D eigenvalue weighted by Gasteiger charge is 2.00. The predicted molar refractivity (Wildman–Crippen MR) is 81.8 cm³/mol. The first-order valence-corrected chi connectivity index (χ1v) is 6.81. The van der Waals surface area contributed by atoms with Crippen LogP contribution in [0.25, 0.3) is 0 Å². The van der Waals surface area contributed by atoms with Crippen molar-refractivity contribution in [3.8, 4) is 5.75 Å². The van der Waals surface area contributed by atoms with Crippen molar-refractivity contribution >= 4 is 0 Å². The monoisotopic (exact) mass is 268 g/mol. The van der Waals surface area contributed by atoms with Gasteiger partial charge in [0.2, 0.25) is 0 Å². The van der Waals surface area contributed by atoms with Gasteiger partial charge in [0, 0.05) is 25.5 Å². The van der Waals surface area contributed by atoms with Crippen molar-refractivity contribution in [2.24, 2.45) is 0 Å². The summed E-state index contributed by atoms with van der Waals surface area (Å²) in [6, 6.07) is 12.1. The van der Waals surface area contributed by atoms with E-state index in [2.05, 4.69) is 29.0 Å². The highest BCUT2D eigenvalue weighted by molar-refractivity contribution is 5.34. The third kappa shape index (κ3) is 4.52. The Morgan fingerprint density at radius 3 is 2.90 bits per heavy atom. The second kappa shape index (κ2) is 8.12. The molecule has 0 unspecified atom stereocenters. The van der Waals surface area contributed by atoms with Gasteiger partial charge in [0.25, 0.3) is 0 Å². The maximum atomic E-state index is 5.80. The van der Waals surface area contributed by atoms with E-state index in [1.165, 1.54) is 11.1 Å². The third-order valence-corrected chi connectivity index (χ3v) is 2.93. The molecule has 0 amide bonds. The maximum absolute atomic E-state index is 5.80. The first-order chi connectivity index (χ1) is 9.90. The van der Waals surface area contributed by atoms with E-state index in [1.807, 2.05) is 36.5 Å². The molecule has 0 spiro atoms. The van der Waals surface area contributed by atoms with Gasteiger partial charge in [-0.05, 0) is 29.7 Å². The molecular formula is C17H20N2O. The second-order valence-corrected chi connectivity index (χ2v) is 4.49. The summed E-state index contributed by atoms with van der Waals surface area (Å²) in [6.45, 7) is 6.03. The van der Waals surface area contributed by atoms with Gasteiger partial charge in [-0.2, -0.15) is 0 Å². The minimum atomic E-state index is 0.647. The molecule has 3 heteroatoms. The van der Waals surface area contributed by atoms with Crippen molar-refractivity contribution in [2.45, 2.75) is 13.0 Å². The minimum Gasteiger partial charge on any atom is -0.492 e. The van der Waals surface area contributed by atoms with Crippen LogP contribution in [0.4, 0.5) is 0 Å². The lowest BCUT2D eigenvalue weighted by molar-refractivity contribution is 0.311. The number of para-hydroxylation sites is 1. The molecule has 20 heavy (non-hydrogen) atoms. The number of allylic oxidation sites excluding steroid dienone is 1. The number of nitrogens with one attached hydrogen (secondary N) is 1. The maximum Gasteiger partial charge on any atom is 0.122 e. The summed E-state index contributed by atoms with van der Waals surface area (Å²) in [7, 11) is 0. The molecule has 1 aromatic carbocycles. The Balaban J connectivity index is 1.72. The van der Waals surface area contributed by atoms with E-state index in [9.17, 15) is 0 Å². The van der Waals surface area contributed by atoms with Crippen molar-refractivity contribution in [3.63, 3.8) is 0 Å². The molecule has 104 valence electrons. The molecule has 0 aliphatic heterocycles. The first kappa shape index (κ1) is 14.3. The van der Waals surface area contributed by atoms with Crippen LogP contribution in [-0.2, 0) is 13.0 Å². The Labute approximate surface area is 120 Å². The van der Waals surface area contributed by atoms with Gasteiger partial charge in [0.15, 0.2) is 0 Å². The van der Waals surface area contributed by atoms with Crippen LogP contribution in [0, 0.1) is 0 Å². The topological polar surface area (TPSA) is 34.1 Å². The smallest absolute Gasteiger partial charge is 0.122 e. The Hall–Kier alpha value is -2.13. The fourth-order valence-electron chi connectivity index (χ4n) is 1.94. The highest BCUT2D eigenvalue weighted by atomic mass is 16.5. The summed E-state index contributed by atoms with van der Waals surface area (Å²) < 4.78 is 5.80. The Bertz CT molecular complexity index is 526. The van der Waals surface area contributed by atoms with Gasteiger partial charge in [0.1, 0.15) is 12.4 Å². The highest BCUT2D eigenvalue weighted by Crippen LogP contribution is 2.18. The summed E-state index contributed by atoms with van der Waals surface area (Å²) in [5, 5.41) is 3.34. The number of aromatic nitrogens is 1. The average Bonchev–Trinajstić information content (AvgIpc) is 2.50. The van der Waals surface area contributed by atoms with Crippen LogP contribution in [0.15, 0.2) is 61.4 Å². The zero-order valence-electron chi connectivity index (χ0n) is 11.6. The quantitative estimate of drug-likeness (QED) is 0.590. The number of rotatable bonds is 8. The molecule has 0 atom stereocenters. The molecule has 1 N–H and O–H groups in total. The van der Waals surface area contributed by atoms with Gasteiger partial charge in [-0.1, -0.05) is 30.3 Å². The molecular weight excluding hydrogens is 248 g/mol. The van der Waals surface area contributed by atoms with Crippen molar-refractivity contribution in [1.29, 1.82) is 0 Å². The van der Waals surface area contributed by atoms with E-state index in [0.717, 1.165) is 25.3 Å². The zero-order chi connectivity index (χ0) is 14.0. The van der Waals surface area contributed by atoms with E-state index in [0.29, 0.717) is 6.61 Å². The summed E-state index contributed by atoms with van der Waals surface area (Å²) in [6.07, 6.45) is 6.37. The van der Waals surface area contributed by atoms with Crippen LogP contribution in [0.5, 0.6) is 5.75 Å². The lowest BCUT2D eigenvalue weighted by Crippen LogP contribution is -2.20. The molecule has 2 rings (SSSR count). The molecule has 1 heterocycles. The largest absolute Gasteiger partial charge is 0.492 e. The van der Waals surface area contributed by atoms with Gasteiger partial charge in [-0.3, -0.25) is 4.98 Å². The summed E-state index contributed by atoms with van der Waals surface area (Å²) in [4.78, 5) is 4.08. The van der Waals surface area contributed by atoms with Crippen molar-refractivity contribution in [3.05, 3.63) is 72.6 Å². The van der Waals surface area contributed by atoms with Crippen molar-refractivity contribution in [2.75, 3.05) is 13.2 Å². The molecule has 2 aromatic rings. The van der Waals surface area contributed by atoms with Crippen LogP contribution >= 0.6 is 0 Å². The lowest BCUT2D eigenvalue weighted by atomic mass is 10.1. The molecule has 0 aliphatic carbocycles. The molecule has 0 saturated heterocycles. The van der Waals surface area contributed by atoms with E-state index in [-0.39, 0.29) is 0 Å². The van der Waals surface area contributed by atoms with Gasteiger partial charge >= 0.3 is 0 Å². The second-order valence-electron chi connectivity index (χ2n) is 4.49. The van der Waals surface area contributed by atoms with E-state index in [4.69, 9.17) is 4.74 Å². The standard InChI is InChI=1S/C17H20N2O/c1-2-6-16-8-3-4-9-17(16)20-12-11-19-14-15-7-5-10-18-13-15/h2-5,7-10,13,19H,1,6,11-12,14H2. The fraction of sp³-hybridized carbons (Fsp3) is 0.235. The van der Waals surface area contributed by atoms with Crippen LogP contribution in [-0.4, -0.2) is 18.1 Å². The Morgan fingerprint density at radius 1 is 1.20 bits per heavy atom. The SMILES string of the molecule is C=CCc1ccccc1OCCNCc1cccnc1. The number of ether oxygens (including phenoxy) is 1. The molecule has 0 aliphatic rings. The molecule has 0 saturated carbocycles. The number of benzene rings is 1. The molecule has 1 aromatic heterocycles. The van der Waals surface area contributed by atoms with Gasteiger partial charge in [0.05, 0.1) is 0 Å². The number of hydrogen-bond donors (Lipinski definition) is 1. The van der Waals surface area contributed by atoms with Crippen molar-refractivity contribution < 1.29 is 4.74 Å². The van der Waals surface area contributed by atoms with Crippen molar-refractivity contribution in [1.82, 2.24) is 10.3 Å². The number of pyridine rings is 1. The lowest BCUT2D eigenvalue weighted by Gasteiger charge is -2.11. The fourth-order valence-corrected chi connectivity index (χ4v) is 1.94. The van der Waals surface area contributed by atoms with Gasteiger partial charge < -0.3 is 10.1 Å². The van der Waals surface area contributed by atoms with E-state index < -0.39 is 0 Å². The average molecular weight is 268 g/mol. The summed E-state index contributed by atoms with van der Waals surface area (Å²) >= 11 is 0. The van der Waals surface area contributed by atoms with Crippen LogP contribution < -0.4 is 10.1 Å². The minimum absolute atomic E-state index is 0.647. The third-order valence-electron chi connectivity index (χ3n) is 2.93.